The van der Waals surface area contributed by atoms with Crippen molar-refractivity contribution in [2.45, 2.75) is 45.3 Å². The van der Waals surface area contributed by atoms with E-state index in [1.54, 1.807) is 12.7 Å². The average molecular weight is 415 g/mol. The van der Waals surface area contributed by atoms with Crippen molar-refractivity contribution >= 4 is 12.4 Å². The van der Waals surface area contributed by atoms with Gasteiger partial charge in [-0.15, -0.1) is 22.6 Å². The molecule has 8 nitrogen and oxygen atoms in total. The zero-order valence-electron chi connectivity index (χ0n) is 16.7. The van der Waals surface area contributed by atoms with Gasteiger partial charge in [0.1, 0.15) is 24.3 Å². The van der Waals surface area contributed by atoms with Crippen LogP contribution in [0.3, 0.4) is 0 Å². The molecule has 154 valence electrons. The Morgan fingerprint density at radius 2 is 2.00 bits per heavy atom. The minimum absolute atomic E-state index is 0. The fraction of sp³-hybridized carbons (Fsp3) is 0.500. The van der Waals surface area contributed by atoms with Crippen molar-refractivity contribution in [2.24, 2.45) is 0 Å². The maximum atomic E-state index is 4.52. The van der Waals surface area contributed by atoms with Crippen molar-refractivity contribution in [3.05, 3.63) is 53.6 Å². The van der Waals surface area contributed by atoms with Gasteiger partial charge in [-0.2, -0.15) is 5.10 Å². The predicted octanol–water partition coefficient (Wildman–Crippen LogP) is 2.07. The van der Waals surface area contributed by atoms with E-state index in [-0.39, 0.29) is 12.4 Å². The van der Waals surface area contributed by atoms with Crippen LogP contribution in [0.2, 0.25) is 0 Å². The minimum Gasteiger partial charge on any atom is -0.312 e. The standard InChI is InChI=1S/C20H26N8.ClH/c1-15-10-16(2-3-18(15)28-14-22-13-23-28)12-26-7-4-17(5-8-26)20-25-24-19-11-21-6-9-27(19)20;/h2-3,10,13-14,17,21H,4-9,11-12H2,1H3;1H. The molecule has 1 N–H and O–H groups in total. The van der Waals surface area contributed by atoms with Crippen LogP contribution in [0, 0.1) is 6.92 Å². The van der Waals surface area contributed by atoms with Crippen LogP contribution in [0.1, 0.15) is 41.5 Å². The number of fused-ring (bicyclic) bond motifs is 1. The van der Waals surface area contributed by atoms with Crippen LogP contribution >= 0.6 is 12.4 Å². The Labute approximate surface area is 176 Å². The third kappa shape index (κ3) is 4.05. The third-order valence-corrected chi connectivity index (χ3v) is 5.94. The lowest BCUT2D eigenvalue weighted by Gasteiger charge is -2.32. The highest BCUT2D eigenvalue weighted by atomic mass is 35.5. The zero-order valence-corrected chi connectivity index (χ0v) is 17.5. The highest BCUT2D eigenvalue weighted by Gasteiger charge is 2.27. The fourth-order valence-corrected chi connectivity index (χ4v) is 4.43. The Morgan fingerprint density at radius 3 is 2.76 bits per heavy atom. The minimum atomic E-state index is 0. The molecular weight excluding hydrogens is 388 g/mol. The van der Waals surface area contributed by atoms with Gasteiger partial charge in [0.2, 0.25) is 0 Å². The lowest BCUT2D eigenvalue weighted by atomic mass is 9.95. The average Bonchev–Trinajstić information content (AvgIpc) is 3.39. The third-order valence-electron chi connectivity index (χ3n) is 5.94. The molecule has 4 heterocycles. The molecule has 0 unspecified atom stereocenters. The van der Waals surface area contributed by atoms with Gasteiger partial charge >= 0.3 is 0 Å². The molecule has 0 radical (unpaired) electrons. The number of benzene rings is 1. The van der Waals surface area contributed by atoms with Crippen molar-refractivity contribution in [3.8, 4) is 5.69 Å². The van der Waals surface area contributed by atoms with Gasteiger partial charge in [0.05, 0.1) is 12.2 Å². The van der Waals surface area contributed by atoms with Gasteiger partial charge in [-0.3, -0.25) is 4.90 Å². The van der Waals surface area contributed by atoms with E-state index in [1.165, 1.54) is 17.0 Å². The second-order valence-corrected chi connectivity index (χ2v) is 7.81. The van der Waals surface area contributed by atoms with E-state index in [4.69, 9.17) is 0 Å². The van der Waals surface area contributed by atoms with Crippen molar-refractivity contribution < 1.29 is 0 Å². The number of nitrogens with one attached hydrogen (secondary N) is 1. The summed E-state index contributed by atoms with van der Waals surface area (Å²) in [6.07, 6.45) is 5.62. The molecular formula is C20H27ClN8. The lowest BCUT2D eigenvalue weighted by Crippen LogP contribution is -2.34. The second kappa shape index (κ2) is 8.61. The maximum Gasteiger partial charge on any atom is 0.147 e. The highest BCUT2D eigenvalue weighted by molar-refractivity contribution is 5.85. The number of piperidine rings is 1. The summed E-state index contributed by atoms with van der Waals surface area (Å²) in [6, 6.07) is 6.62. The molecule has 0 atom stereocenters. The molecule has 2 aliphatic heterocycles. The summed E-state index contributed by atoms with van der Waals surface area (Å²) in [5.41, 5.74) is 3.67. The van der Waals surface area contributed by atoms with Gasteiger partial charge in [-0.05, 0) is 50.0 Å². The number of halogens is 1. The van der Waals surface area contributed by atoms with E-state index in [1.807, 2.05) is 4.68 Å². The van der Waals surface area contributed by atoms with Crippen LogP contribution in [0.25, 0.3) is 5.69 Å². The molecule has 1 aromatic carbocycles. The Morgan fingerprint density at radius 1 is 1.14 bits per heavy atom. The predicted molar refractivity (Wildman–Crippen MR) is 112 cm³/mol. The van der Waals surface area contributed by atoms with Crippen LogP contribution in [0.5, 0.6) is 0 Å². The Bertz CT molecular complexity index is 944. The van der Waals surface area contributed by atoms with Crippen LogP contribution in [0.4, 0.5) is 0 Å². The first-order chi connectivity index (χ1) is 13.8. The van der Waals surface area contributed by atoms with Crippen molar-refractivity contribution in [2.75, 3.05) is 19.6 Å². The summed E-state index contributed by atoms with van der Waals surface area (Å²) in [6.45, 7) is 8.19. The number of rotatable bonds is 4. The number of hydrogen-bond donors (Lipinski definition) is 1. The van der Waals surface area contributed by atoms with Crippen LogP contribution in [0.15, 0.2) is 30.9 Å². The van der Waals surface area contributed by atoms with E-state index >= 15 is 0 Å². The summed E-state index contributed by atoms with van der Waals surface area (Å²) >= 11 is 0. The van der Waals surface area contributed by atoms with Gasteiger partial charge in [0.25, 0.3) is 0 Å². The zero-order chi connectivity index (χ0) is 18.9. The van der Waals surface area contributed by atoms with Gasteiger partial charge in [0, 0.05) is 25.6 Å². The van der Waals surface area contributed by atoms with E-state index in [0.29, 0.717) is 5.92 Å². The molecule has 1 saturated heterocycles. The molecule has 5 rings (SSSR count). The monoisotopic (exact) mass is 414 g/mol. The molecule has 2 aromatic heterocycles. The molecule has 0 bridgehead atoms. The molecule has 3 aromatic rings. The summed E-state index contributed by atoms with van der Waals surface area (Å²) in [5, 5.41) is 16.5. The summed E-state index contributed by atoms with van der Waals surface area (Å²) in [5.74, 6) is 2.82. The topological polar surface area (TPSA) is 76.7 Å². The Balaban J connectivity index is 0.00000205. The summed E-state index contributed by atoms with van der Waals surface area (Å²) in [4.78, 5) is 6.59. The van der Waals surface area contributed by atoms with Crippen molar-refractivity contribution in [3.63, 3.8) is 0 Å². The summed E-state index contributed by atoms with van der Waals surface area (Å²) < 4.78 is 4.16. The molecule has 29 heavy (non-hydrogen) atoms. The summed E-state index contributed by atoms with van der Waals surface area (Å²) in [7, 11) is 0. The van der Waals surface area contributed by atoms with Crippen molar-refractivity contribution in [1.82, 2.24) is 39.7 Å². The first kappa shape index (κ1) is 20.0. The van der Waals surface area contributed by atoms with Gasteiger partial charge in [-0.1, -0.05) is 12.1 Å². The van der Waals surface area contributed by atoms with E-state index in [2.05, 4.69) is 60.2 Å². The van der Waals surface area contributed by atoms with Crippen LogP contribution in [-0.2, 0) is 19.6 Å². The highest BCUT2D eigenvalue weighted by Crippen LogP contribution is 2.28. The van der Waals surface area contributed by atoms with E-state index < -0.39 is 0 Å². The van der Waals surface area contributed by atoms with Gasteiger partial charge < -0.3 is 9.88 Å². The number of nitrogens with zero attached hydrogens (tertiary/aromatic N) is 7. The molecule has 0 aliphatic carbocycles. The van der Waals surface area contributed by atoms with Crippen LogP contribution in [-0.4, -0.2) is 54.1 Å². The van der Waals surface area contributed by atoms with E-state index in [9.17, 15) is 0 Å². The largest absolute Gasteiger partial charge is 0.312 e. The number of hydrogen-bond acceptors (Lipinski definition) is 6. The Kier molecular flexibility index (Phi) is 5.94. The fourth-order valence-electron chi connectivity index (χ4n) is 4.43. The van der Waals surface area contributed by atoms with Gasteiger partial charge in [0.15, 0.2) is 0 Å². The molecule has 9 heteroatoms. The van der Waals surface area contributed by atoms with Crippen LogP contribution < -0.4 is 5.32 Å². The van der Waals surface area contributed by atoms with E-state index in [0.717, 1.165) is 63.6 Å². The second-order valence-electron chi connectivity index (χ2n) is 7.81. The first-order valence-electron chi connectivity index (χ1n) is 10.1. The lowest BCUT2D eigenvalue weighted by molar-refractivity contribution is 0.199. The van der Waals surface area contributed by atoms with Crippen molar-refractivity contribution in [1.29, 1.82) is 0 Å². The Hall–Kier alpha value is -2.29. The molecule has 0 spiro atoms. The number of aryl methyl sites for hydroxylation is 1. The quantitative estimate of drug-likeness (QED) is 0.704. The maximum absolute atomic E-state index is 4.52. The number of likely N-dealkylation sites (tertiary alicyclic amines) is 1. The SMILES string of the molecule is Cc1cc(CN2CCC(c3nnc4n3CCNC4)CC2)ccc1-n1cncn1.Cl. The molecule has 1 fully saturated rings. The first-order valence-corrected chi connectivity index (χ1v) is 10.1. The number of aromatic nitrogens is 6. The molecule has 2 aliphatic rings. The molecule has 0 saturated carbocycles. The molecule has 0 amide bonds. The smallest absolute Gasteiger partial charge is 0.147 e. The van der Waals surface area contributed by atoms with Gasteiger partial charge in [-0.25, -0.2) is 9.67 Å². The normalized spacial score (nSPS) is 17.7.